The van der Waals surface area contributed by atoms with Gasteiger partial charge in [0.1, 0.15) is 17.3 Å². The van der Waals surface area contributed by atoms with Crippen LogP contribution in [-0.4, -0.2) is 22.6 Å². The zero-order valence-corrected chi connectivity index (χ0v) is 11.4. The molecule has 4 heteroatoms. The average Bonchev–Trinajstić information content (AvgIpc) is 2.28. The fraction of sp³-hybridized carbons (Fsp3) is 0.364. The predicted molar refractivity (Wildman–Crippen MR) is 76.0 cm³/mol. The van der Waals surface area contributed by atoms with E-state index in [0.717, 1.165) is 28.1 Å². The second kappa shape index (κ2) is 7.87. The minimum absolute atomic E-state index is 0.459. The zero-order valence-electron chi connectivity index (χ0n) is 8.41. The molecule has 1 aromatic rings. The lowest BCUT2D eigenvalue weighted by atomic mass is 10.3. The summed E-state index contributed by atoms with van der Waals surface area (Å²) in [6.45, 7) is 1.39. The molecule has 82 valence electrons. The Morgan fingerprint density at radius 2 is 2.07 bits per heavy atom. The summed E-state index contributed by atoms with van der Waals surface area (Å²) in [7, 11) is 0. The van der Waals surface area contributed by atoms with Crippen molar-refractivity contribution in [1.82, 2.24) is 5.32 Å². The van der Waals surface area contributed by atoms with Gasteiger partial charge in [0.15, 0.2) is 0 Å². The van der Waals surface area contributed by atoms with Crippen LogP contribution in [0.25, 0.3) is 0 Å². The smallest absolute Gasteiger partial charge is 0.138 e. The minimum atomic E-state index is 0.459. The molecule has 0 aromatic heterocycles. The Labute approximate surface area is 110 Å². The summed E-state index contributed by atoms with van der Waals surface area (Å²) in [6.07, 6.45) is 1.13. The van der Waals surface area contributed by atoms with Crippen molar-refractivity contribution in [2.45, 2.75) is 6.42 Å². The molecule has 0 saturated carbocycles. The van der Waals surface area contributed by atoms with Crippen LogP contribution < -0.4 is 10.1 Å². The number of hydrogen-bond acceptors (Lipinski definition) is 2. The Hall–Kier alpha value is -0.360. The summed E-state index contributed by atoms with van der Waals surface area (Å²) in [6, 6.07) is 9.70. The Kier molecular flexibility index (Phi) is 6.67. The first-order chi connectivity index (χ1) is 7.33. The van der Waals surface area contributed by atoms with Crippen molar-refractivity contribution in [2.75, 3.05) is 17.6 Å². The molecule has 2 nitrogen and oxygen atoms in total. The lowest BCUT2D eigenvalue weighted by molar-refractivity contribution is 0.374. The van der Waals surface area contributed by atoms with Crippen LogP contribution in [-0.2, 0) is 0 Å². The van der Waals surface area contributed by atoms with Crippen molar-refractivity contribution in [3.63, 3.8) is 0 Å². The number of hydrogen-bond donors (Lipinski definition) is 1. The maximum atomic E-state index is 5.49. The molecule has 0 amide bonds. The van der Waals surface area contributed by atoms with Gasteiger partial charge in [0, 0.05) is 11.0 Å². The van der Waals surface area contributed by atoms with E-state index in [1.165, 1.54) is 0 Å². The molecule has 0 fully saturated rings. The van der Waals surface area contributed by atoms with Crippen molar-refractivity contribution >= 4 is 39.8 Å². The predicted octanol–water partition coefficient (Wildman–Crippen LogP) is 2.81. The van der Waals surface area contributed by atoms with Gasteiger partial charge in [-0.05, 0) is 18.6 Å². The molecule has 15 heavy (non-hydrogen) atoms. The number of nitrogens with one attached hydrogen (secondary N) is 1. The second-order valence-electron chi connectivity index (χ2n) is 2.99. The molecule has 0 aliphatic carbocycles. The van der Waals surface area contributed by atoms with Crippen molar-refractivity contribution in [2.24, 2.45) is 0 Å². The fourth-order valence-corrected chi connectivity index (χ4v) is 1.55. The highest BCUT2D eigenvalue weighted by molar-refractivity contribution is 14.1. The van der Waals surface area contributed by atoms with E-state index in [-0.39, 0.29) is 0 Å². The molecular formula is C11H14INOS. The molecule has 0 atom stereocenters. The molecule has 1 N–H and O–H groups in total. The van der Waals surface area contributed by atoms with Gasteiger partial charge in [-0.1, -0.05) is 53.0 Å². The van der Waals surface area contributed by atoms with Gasteiger partial charge in [-0.15, -0.1) is 0 Å². The van der Waals surface area contributed by atoms with Gasteiger partial charge < -0.3 is 10.1 Å². The molecule has 0 unspecified atom stereocenters. The summed E-state index contributed by atoms with van der Waals surface area (Å²) in [4.78, 5) is 0.767. The van der Waals surface area contributed by atoms with E-state index in [1.807, 2.05) is 30.3 Å². The van der Waals surface area contributed by atoms with Crippen molar-refractivity contribution in [3.8, 4) is 5.75 Å². The van der Waals surface area contributed by atoms with E-state index < -0.39 is 0 Å². The molecule has 1 aromatic carbocycles. The van der Waals surface area contributed by atoms with Gasteiger partial charge in [-0.3, -0.25) is 0 Å². The highest BCUT2D eigenvalue weighted by atomic mass is 127. The molecule has 0 spiro atoms. The van der Waals surface area contributed by atoms with Crippen LogP contribution in [0.1, 0.15) is 6.42 Å². The van der Waals surface area contributed by atoms with Crippen LogP contribution in [0.5, 0.6) is 5.75 Å². The van der Waals surface area contributed by atoms with Gasteiger partial charge >= 0.3 is 0 Å². The van der Waals surface area contributed by atoms with Crippen LogP contribution >= 0.6 is 34.8 Å². The zero-order chi connectivity index (χ0) is 10.9. The first-order valence-corrected chi connectivity index (χ1v) is 6.77. The van der Waals surface area contributed by atoms with Gasteiger partial charge in [0.25, 0.3) is 0 Å². The number of halogens is 1. The highest BCUT2D eigenvalue weighted by Gasteiger charge is 1.96. The summed E-state index contributed by atoms with van der Waals surface area (Å²) < 4.78 is 6.64. The topological polar surface area (TPSA) is 21.3 Å². The maximum Gasteiger partial charge on any atom is 0.138 e. The number of rotatable bonds is 6. The molecule has 0 aliphatic heterocycles. The summed E-state index contributed by atoms with van der Waals surface area (Å²) in [5, 5.41) is 3.16. The normalized spacial score (nSPS) is 9.67. The van der Waals surface area contributed by atoms with E-state index in [1.54, 1.807) is 0 Å². The lowest BCUT2D eigenvalue weighted by Gasteiger charge is -2.08. The van der Waals surface area contributed by atoms with Crippen molar-refractivity contribution < 1.29 is 4.74 Å². The third kappa shape index (κ3) is 5.94. The van der Waals surface area contributed by atoms with Gasteiger partial charge in [0.2, 0.25) is 0 Å². The first-order valence-electron chi connectivity index (χ1n) is 4.83. The Balaban J connectivity index is 2.17. The summed E-state index contributed by atoms with van der Waals surface area (Å²) in [5.41, 5.74) is 0. The molecule has 0 bridgehead atoms. The van der Waals surface area contributed by atoms with E-state index >= 15 is 0 Å². The van der Waals surface area contributed by atoms with Crippen LogP contribution in [0, 0.1) is 0 Å². The van der Waals surface area contributed by atoms with Gasteiger partial charge in [-0.25, -0.2) is 0 Å². The molecule has 0 saturated heterocycles. The van der Waals surface area contributed by atoms with Gasteiger partial charge in [0.05, 0.1) is 0 Å². The van der Waals surface area contributed by atoms with E-state index in [9.17, 15) is 0 Å². The van der Waals surface area contributed by atoms with E-state index in [0.29, 0.717) is 6.61 Å². The third-order valence-corrected chi connectivity index (χ3v) is 2.77. The minimum Gasteiger partial charge on any atom is -0.486 e. The lowest BCUT2D eigenvalue weighted by Crippen LogP contribution is -2.28. The molecule has 0 heterocycles. The standard InChI is InChI=1S/C11H14INOS/c12-7-4-8-13-11(15)9-14-10-5-2-1-3-6-10/h1-3,5-6H,4,7-9H2,(H,13,15). The Morgan fingerprint density at radius 3 is 2.73 bits per heavy atom. The van der Waals surface area contributed by atoms with Crippen LogP contribution in [0.4, 0.5) is 0 Å². The number of benzene rings is 1. The first kappa shape index (κ1) is 12.7. The van der Waals surface area contributed by atoms with E-state index in [4.69, 9.17) is 17.0 Å². The average molecular weight is 335 g/mol. The summed E-state index contributed by atoms with van der Waals surface area (Å²) >= 11 is 7.48. The largest absolute Gasteiger partial charge is 0.486 e. The molecular weight excluding hydrogens is 321 g/mol. The Bertz CT molecular complexity index is 292. The summed E-state index contributed by atoms with van der Waals surface area (Å²) in [5.74, 6) is 0.857. The Morgan fingerprint density at radius 1 is 1.33 bits per heavy atom. The van der Waals surface area contributed by atoms with Crippen LogP contribution in [0.3, 0.4) is 0 Å². The van der Waals surface area contributed by atoms with Crippen molar-refractivity contribution in [3.05, 3.63) is 30.3 Å². The monoisotopic (exact) mass is 335 g/mol. The SMILES string of the molecule is S=C(COc1ccccc1)NCCCI. The van der Waals surface area contributed by atoms with E-state index in [2.05, 4.69) is 27.9 Å². The number of para-hydroxylation sites is 1. The quantitative estimate of drug-likeness (QED) is 0.374. The number of ether oxygens (including phenoxy) is 1. The number of thiocarbonyl (C=S) groups is 1. The second-order valence-corrected chi connectivity index (χ2v) is 4.57. The van der Waals surface area contributed by atoms with Crippen molar-refractivity contribution in [1.29, 1.82) is 0 Å². The third-order valence-electron chi connectivity index (χ3n) is 1.75. The number of alkyl halides is 1. The highest BCUT2D eigenvalue weighted by Crippen LogP contribution is 2.07. The fourth-order valence-electron chi connectivity index (χ4n) is 1.01. The molecule has 0 radical (unpaired) electrons. The van der Waals surface area contributed by atoms with Crippen LogP contribution in [0.2, 0.25) is 0 Å². The molecule has 1 rings (SSSR count). The van der Waals surface area contributed by atoms with Crippen LogP contribution in [0.15, 0.2) is 30.3 Å². The van der Waals surface area contributed by atoms with Gasteiger partial charge in [-0.2, -0.15) is 0 Å². The maximum absolute atomic E-state index is 5.49. The molecule has 0 aliphatic rings.